The van der Waals surface area contributed by atoms with E-state index in [4.69, 9.17) is 5.73 Å². The molecular weight excluding hydrogens is 158 g/mol. The van der Waals surface area contributed by atoms with E-state index in [0.29, 0.717) is 0 Å². The molecule has 0 spiro atoms. The second-order valence-electron chi connectivity index (χ2n) is 2.97. The first-order valence-electron chi connectivity index (χ1n) is 4.37. The molecule has 0 atom stereocenters. The molecule has 0 saturated carbocycles. The molecule has 2 N–H and O–H groups in total. The molecule has 0 fully saturated rings. The van der Waals surface area contributed by atoms with Crippen LogP contribution in [0, 0.1) is 0 Å². The third-order valence-electron chi connectivity index (χ3n) is 2.02. The summed E-state index contributed by atoms with van der Waals surface area (Å²) >= 11 is 0. The Labute approximate surface area is 79.6 Å². The predicted molar refractivity (Wildman–Crippen MR) is 58.7 cm³/mol. The van der Waals surface area contributed by atoms with Crippen molar-refractivity contribution in [2.75, 3.05) is 5.73 Å². The monoisotopic (exact) mass is 173 g/mol. The fraction of sp³-hybridized carbons (Fsp3) is 0.167. The lowest BCUT2D eigenvalue weighted by Crippen LogP contribution is -1.98. The van der Waals surface area contributed by atoms with Crippen LogP contribution >= 0.6 is 0 Å². The van der Waals surface area contributed by atoms with Gasteiger partial charge in [0.15, 0.2) is 0 Å². The first kappa shape index (κ1) is 9.59. The summed E-state index contributed by atoms with van der Waals surface area (Å²) in [5, 5.41) is 0. The molecule has 1 aromatic rings. The Morgan fingerprint density at radius 3 is 2.46 bits per heavy atom. The Hall–Kier alpha value is -1.50. The van der Waals surface area contributed by atoms with Gasteiger partial charge in [0.25, 0.3) is 0 Å². The molecule has 0 amide bonds. The third-order valence-corrected chi connectivity index (χ3v) is 2.02. The summed E-state index contributed by atoms with van der Waals surface area (Å²) in [5.41, 5.74) is 9.13. The van der Waals surface area contributed by atoms with E-state index in [0.717, 1.165) is 18.5 Å². The molecule has 68 valence electrons. The fourth-order valence-electron chi connectivity index (χ4n) is 1.39. The number of anilines is 1. The number of allylic oxidation sites excluding steroid dienone is 2. The normalized spacial score (nSPS) is 9.54. The molecule has 1 nitrogen and oxygen atoms in total. The van der Waals surface area contributed by atoms with Crippen molar-refractivity contribution in [2.45, 2.75) is 12.8 Å². The molecule has 0 heterocycles. The number of hydrogen-bond acceptors (Lipinski definition) is 1. The Kier molecular flexibility index (Phi) is 3.32. The van der Waals surface area contributed by atoms with Crippen LogP contribution in [0.2, 0.25) is 0 Å². The van der Waals surface area contributed by atoms with Gasteiger partial charge in [0.05, 0.1) is 0 Å². The maximum absolute atomic E-state index is 5.86. The maximum atomic E-state index is 5.86. The number of nitrogen functional groups attached to an aromatic ring is 1. The summed E-state index contributed by atoms with van der Waals surface area (Å²) in [6.07, 6.45) is 5.46. The molecule has 1 aromatic carbocycles. The van der Waals surface area contributed by atoms with Crippen molar-refractivity contribution in [3.05, 3.63) is 54.6 Å². The van der Waals surface area contributed by atoms with Crippen LogP contribution in [0.1, 0.15) is 11.1 Å². The quantitative estimate of drug-likeness (QED) is 0.550. The van der Waals surface area contributed by atoms with E-state index in [-0.39, 0.29) is 0 Å². The van der Waals surface area contributed by atoms with Gasteiger partial charge in [-0.2, -0.15) is 0 Å². The average Bonchev–Trinajstić information content (AvgIpc) is 2.11. The van der Waals surface area contributed by atoms with E-state index in [9.17, 15) is 0 Å². The summed E-state index contributed by atoms with van der Waals surface area (Å²) in [5.74, 6) is 0. The lowest BCUT2D eigenvalue weighted by molar-refractivity contribution is 1.16. The van der Waals surface area contributed by atoms with Gasteiger partial charge in [-0.3, -0.25) is 0 Å². The van der Waals surface area contributed by atoms with E-state index in [2.05, 4.69) is 19.2 Å². The zero-order valence-electron chi connectivity index (χ0n) is 7.79. The van der Waals surface area contributed by atoms with Gasteiger partial charge < -0.3 is 5.73 Å². The standard InChI is InChI=1S/C12H15N/c1-3-6-10-8-5-9-12(13)11(10)7-4-2/h3-5,8-9H,1-2,6-7,13H2. The summed E-state index contributed by atoms with van der Waals surface area (Å²) < 4.78 is 0. The van der Waals surface area contributed by atoms with Crippen LogP contribution < -0.4 is 5.73 Å². The van der Waals surface area contributed by atoms with E-state index in [1.165, 1.54) is 11.1 Å². The second kappa shape index (κ2) is 4.51. The van der Waals surface area contributed by atoms with Gasteiger partial charge in [-0.15, -0.1) is 13.2 Å². The summed E-state index contributed by atoms with van der Waals surface area (Å²) in [7, 11) is 0. The van der Waals surface area contributed by atoms with Crippen LogP contribution in [0.15, 0.2) is 43.5 Å². The van der Waals surface area contributed by atoms with Gasteiger partial charge in [0, 0.05) is 5.69 Å². The molecule has 0 radical (unpaired) electrons. The molecule has 1 rings (SSSR count). The van der Waals surface area contributed by atoms with Crippen LogP contribution in [0.3, 0.4) is 0 Å². The Balaban J connectivity index is 3.08. The molecular formula is C12H15N. The highest BCUT2D eigenvalue weighted by Crippen LogP contribution is 2.18. The highest BCUT2D eigenvalue weighted by molar-refractivity contribution is 5.52. The van der Waals surface area contributed by atoms with Gasteiger partial charge in [0.1, 0.15) is 0 Å². The van der Waals surface area contributed by atoms with Crippen molar-refractivity contribution in [3.8, 4) is 0 Å². The molecule has 0 saturated heterocycles. The number of hydrogen-bond donors (Lipinski definition) is 1. The molecule has 0 aliphatic rings. The minimum atomic E-state index is 0.829. The number of nitrogens with two attached hydrogens (primary N) is 1. The van der Waals surface area contributed by atoms with Crippen LogP contribution in [-0.4, -0.2) is 0 Å². The minimum Gasteiger partial charge on any atom is -0.398 e. The zero-order valence-corrected chi connectivity index (χ0v) is 7.79. The minimum absolute atomic E-state index is 0.829. The lowest BCUT2D eigenvalue weighted by atomic mass is 10.00. The highest BCUT2D eigenvalue weighted by Gasteiger charge is 2.02. The number of rotatable bonds is 4. The van der Waals surface area contributed by atoms with Gasteiger partial charge in [-0.05, 0) is 30.0 Å². The zero-order chi connectivity index (χ0) is 9.68. The fourth-order valence-corrected chi connectivity index (χ4v) is 1.39. The number of benzene rings is 1. The maximum Gasteiger partial charge on any atom is 0.0352 e. The Bertz CT molecular complexity index is 313. The van der Waals surface area contributed by atoms with Gasteiger partial charge in [-0.1, -0.05) is 24.3 Å². The SMILES string of the molecule is C=CCc1cccc(N)c1CC=C. The summed E-state index contributed by atoms with van der Waals surface area (Å²) in [6.45, 7) is 7.44. The highest BCUT2D eigenvalue weighted by atomic mass is 14.6. The largest absolute Gasteiger partial charge is 0.398 e. The smallest absolute Gasteiger partial charge is 0.0352 e. The summed E-state index contributed by atoms with van der Waals surface area (Å²) in [6, 6.07) is 5.98. The topological polar surface area (TPSA) is 26.0 Å². The van der Waals surface area contributed by atoms with E-state index in [1.54, 1.807) is 0 Å². The van der Waals surface area contributed by atoms with Crippen molar-refractivity contribution in [2.24, 2.45) is 0 Å². The molecule has 0 aliphatic heterocycles. The Morgan fingerprint density at radius 1 is 1.15 bits per heavy atom. The van der Waals surface area contributed by atoms with Crippen LogP contribution in [0.5, 0.6) is 0 Å². The molecule has 13 heavy (non-hydrogen) atoms. The van der Waals surface area contributed by atoms with Gasteiger partial charge >= 0.3 is 0 Å². The van der Waals surface area contributed by atoms with Crippen LogP contribution in [0.25, 0.3) is 0 Å². The first-order valence-corrected chi connectivity index (χ1v) is 4.37. The van der Waals surface area contributed by atoms with Crippen molar-refractivity contribution >= 4 is 5.69 Å². The Morgan fingerprint density at radius 2 is 1.85 bits per heavy atom. The first-order chi connectivity index (χ1) is 6.29. The van der Waals surface area contributed by atoms with Crippen LogP contribution in [-0.2, 0) is 12.8 Å². The predicted octanol–water partition coefficient (Wildman–Crippen LogP) is 2.73. The molecule has 0 aliphatic carbocycles. The van der Waals surface area contributed by atoms with Crippen molar-refractivity contribution in [1.82, 2.24) is 0 Å². The van der Waals surface area contributed by atoms with E-state index >= 15 is 0 Å². The molecule has 0 unspecified atom stereocenters. The van der Waals surface area contributed by atoms with E-state index in [1.807, 2.05) is 24.3 Å². The van der Waals surface area contributed by atoms with Gasteiger partial charge in [-0.25, -0.2) is 0 Å². The second-order valence-corrected chi connectivity index (χ2v) is 2.97. The van der Waals surface area contributed by atoms with Crippen molar-refractivity contribution in [1.29, 1.82) is 0 Å². The van der Waals surface area contributed by atoms with E-state index < -0.39 is 0 Å². The summed E-state index contributed by atoms with van der Waals surface area (Å²) in [4.78, 5) is 0. The van der Waals surface area contributed by atoms with Crippen LogP contribution in [0.4, 0.5) is 5.69 Å². The molecule has 1 heteroatoms. The molecule has 0 bridgehead atoms. The van der Waals surface area contributed by atoms with Gasteiger partial charge in [0.2, 0.25) is 0 Å². The average molecular weight is 173 g/mol. The van der Waals surface area contributed by atoms with Crippen molar-refractivity contribution in [3.63, 3.8) is 0 Å². The lowest BCUT2D eigenvalue weighted by Gasteiger charge is -2.08. The third kappa shape index (κ3) is 2.22. The van der Waals surface area contributed by atoms with Crippen molar-refractivity contribution < 1.29 is 0 Å². The molecule has 0 aromatic heterocycles.